The van der Waals surface area contributed by atoms with Crippen LogP contribution in [0.5, 0.6) is 0 Å². The second-order valence-electron chi connectivity index (χ2n) is 3.90. The fourth-order valence-electron chi connectivity index (χ4n) is 1.72. The highest BCUT2D eigenvalue weighted by molar-refractivity contribution is 6.67. The number of rotatable bonds is 1. The highest BCUT2D eigenvalue weighted by atomic mass is 35.6. The van der Waals surface area contributed by atoms with Crippen LogP contribution < -0.4 is 0 Å². The molecule has 0 saturated heterocycles. The van der Waals surface area contributed by atoms with Crippen LogP contribution in [0.1, 0.15) is 11.1 Å². The van der Waals surface area contributed by atoms with Crippen LogP contribution in [-0.2, 0) is 6.42 Å². The lowest BCUT2D eigenvalue weighted by molar-refractivity contribution is 1.03. The lowest BCUT2D eigenvalue weighted by Crippen LogP contribution is -2.08. The average molecular weight is 309 g/mol. The molecular formula is C12H9Cl4N. The highest BCUT2D eigenvalue weighted by Gasteiger charge is 2.23. The molecular weight excluding hydrogens is 300 g/mol. The van der Waals surface area contributed by atoms with Crippen LogP contribution in [0.2, 0.25) is 5.02 Å². The molecule has 0 fully saturated rings. The van der Waals surface area contributed by atoms with Gasteiger partial charge >= 0.3 is 0 Å². The normalized spacial score (nSPS) is 12.1. The predicted octanol–water partition coefficient (Wildman–Crippen LogP) is 5.11. The molecule has 0 N–H and O–H groups in total. The van der Waals surface area contributed by atoms with Gasteiger partial charge in [-0.1, -0.05) is 46.4 Å². The van der Waals surface area contributed by atoms with Crippen molar-refractivity contribution in [1.29, 1.82) is 0 Å². The standard InChI is InChI=1S/C12H9Cl4N/c1-7-4-8-9(5-12(14,15)16)10(13)2-3-11(8)17-6-7/h2-4,6H,5H2,1H3. The third-order valence-electron chi connectivity index (χ3n) is 2.43. The molecule has 0 aliphatic carbocycles. The van der Waals surface area contributed by atoms with Gasteiger partial charge in [0.25, 0.3) is 0 Å². The lowest BCUT2D eigenvalue weighted by atomic mass is 10.0. The number of fused-ring (bicyclic) bond motifs is 1. The van der Waals surface area contributed by atoms with Gasteiger partial charge in [-0.2, -0.15) is 0 Å². The Morgan fingerprint density at radius 2 is 1.94 bits per heavy atom. The maximum absolute atomic E-state index is 6.16. The van der Waals surface area contributed by atoms with Crippen molar-refractivity contribution in [2.75, 3.05) is 0 Å². The van der Waals surface area contributed by atoms with Crippen LogP contribution in [-0.4, -0.2) is 8.78 Å². The van der Waals surface area contributed by atoms with E-state index in [0.717, 1.165) is 22.0 Å². The molecule has 0 bridgehead atoms. The van der Waals surface area contributed by atoms with Crippen LogP contribution >= 0.6 is 46.4 Å². The summed E-state index contributed by atoms with van der Waals surface area (Å²) in [5.41, 5.74) is 2.72. The van der Waals surface area contributed by atoms with E-state index in [0.29, 0.717) is 5.02 Å². The van der Waals surface area contributed by atoms with E-state index in [-0.39, 0.29) is 6.42 Å². The van der Waals surface area contributed by atoms with Gasteiger partial charge in [0.1, 0.15) is 0 Å². The van der Waals surface area contributed by atoms with Gasteiger partial charge in [0, 0.05) is 23.0 Å². The number of alkyl halides is 3. The number of nitrogens with zero attached hydrogens (tertiary/aromatic N) is 1. The molecule has 0 radical (unpaired) electrons. The first kappa shape index (κ1) is 13.2. The summed E-state index contributed by atoms with van der Waals surface area (Å²) in [6.45, 7) is 1.96. The summed E-state index contributed by atoms with van der Waals surface area (Å²) in [4.78, 5) is 4.32. The maximum Gasteiger partial charge on any atom is 0.194 e. The van der Waals surface area contributed by atoms with Gasteiger partial charge < -0.3 is 0 Å². The Kier molecular flexibility index (Phi) is 3.74. The third kappa shape index (κ3) is 3.17. The fourth-order valence-corrected chi connectivity index (χ4v) is 2.35. The Morgan fingerprint density at radius 1 is 1.24 bits per heavy atom. The summed E-state index contributed by atoms with van der Waals surface area (Å²) >= 11 is 23.7. The Balaban J connectivity index is 2.66. The van der Waals surface area contributed by atoms with Crippen molar-refractivity contribution in [3.8, 4) is 0 Å². The fraction of sp³-hybridized carbons (Fsp3) is 0.250. The first-order valence-electron chi connectivity index (χ1n) is 4.97. The molecule has 0 saturated carbocycles. The highest BCUT2D eigenvalue weighted by Crippen LogP contribution is 2.36. The first-order chi connectivity index (χ1) is 7.87. The van der Waals surface area contributed by atoms with Crippen LogP contribution in [0, 0.1) is 6.92 Å². The second kappa shape index (κ2) is 4.81. The SMILES string of the molecule is Cc1cnc2ccc(Cl)c(CC(Cl)(Cl)Cl)c2c1. The van der Waals surface area contributed by atoms with E-state index in [9.17, 15) is 0 Å². The molecule has 90 valence electrons. The minimum absolute atomic E-state index is 0.263. The van der Waals surface area contributed by atoms with E-state index in [4.69, 9.17) is 46.4 Å². The van der Waals surface area contributed by atoms with Gasteiger partial charge in [-0.3, -0.25) is 4.98 Å². The van der Waals surface area contributed by atoms with Crippen LogP contribution in [0.15, 0.2) is 24.4 Å². The van der Waals surface area contributed by atoms with E-state index in [1.165, 1.54) is 0 Å². The quantitative estimate of drug-likeness (QED) is 0.667. The van der Waals surface area contributed by atoms with Gasteiger partial charge in [-0.05, 0) is 36.2 Å². The molecule has 1 nitrogen and oxygen atoms in total. The largest absolute Gasteiger partial charge is 0.256 e. The number of aromatic nitrogens is 1. The molecule has 1 aromatic carbocycles. The van der Waals surface area contributed by atoms with E-state index < -0.39 is 3.79 Å². The predicted molar refractivity (Wildman–Crippen MR) is 75.5 cm³/mol. The van der Waals surface area contributed by atoms with Crippen LogP contribution in [0.4, 0.5) is 0 Å². The summed E-state index contributed by atoms with van der Waals surface area (Å²) in [6, 6.07) is 5.64. The van der Waals surface area contributed by atoms with Crippen molar-refractivity contribution in [1.82, 2.24) is 4.98 Å². The number of aryl methyl sites for hydroxylation is 1. The van der Waals surface area contributed by atoms with Crippen molar-refractivity contribution >= 4 is 57.3 Å². The maximum atomic E-state index is 6.16. The van der Waals surface area contributed by atoms with E-state index in [1.54, 1.807) is 12.3 Å². The Hall–Kier alpha value is -0.210. The van der Waals surface area contributed by atoms with Crippen molar-refractivity contribution in [3.05, 3.63) is 40.5 Å². The van der Waals surface area contributed by atoms with Crippen molar-refractivity contribution in [2.24, 2.45) is 0 Å². The van der Waals surface area contributed by atoms with E-state index in [2.05, 4.69) is 4.98 Å². The van der Waals surface area contributed by atoms with Gasteiger partial charge in [-0.15, -0.1) is 0 Å². The Bertz CT molecular complexity index is 555. The molecule has 0 unspecified atom stereocenters. The van der Waals surface area contributed by atoms with Crippen molar-refractivity contribution < 1.29 is 0 Å². The first-order valence-corrected chi connectivity index (χ1v) is 6.48. The number of hydrogen-bond acceptors (Lipinski definition) is 1. The summed E-state index contributed by atoms with van der Waals surface area (Å²) in [5.74, 6) is 0. The average Bonchev–Trinajstić information content (AvgIpc) is 2.21. The lowest BCUT2D eigenvalue weighted by Gasteiger charge is -2.14. The molecule has 2 aromatic rings. The number of halogens is 4. The summed E-state index contributed by atoms with van der Waals surface area (Å²) in [5, 5.41) is 1.53. The van der Waals surface area contributed by atoms with Crippen LogP contribution in [0.3, 0.4) is 0 Å². The zero-order chi connectivity index (χ0) is 12.6. The summed E-state index contributed by atoms with van der Waals surface area (Å²) in [6.07, 6.45) is 2.06. The zero-order valence-electron chi connectivity index (χ0n) is 8.98. The minimum Gasteiger partial charge on any atom is -0.256 e. The Labute approximate surface area is 120 Å². The zero-order valence-corrected chi connectivity index (χ0v) is 12.0. The van der Waals surface area contributed by atoms with Gasteiger partial charge in [0.15, 0.2) is 3.79 Å². The molecule has 0 aliphatic heterocycles. The van der Waals surface area contributed by atoms with Gasteiger partial charge in [0.05, 0.1) is 5.52 Å². The molecule has 1 heterocycles. The van der Waals surface area contributed by atoms with E-state index in [1.807, 2.05) is 19.1 Å². The third-order valence-corrected chi connectivity index (χ3v) is 3.19. The molecule has 0 aliphatic rings. The van der Waals surface area contributed by atoms with Gasteiger partial charge in [0.2, 0.25) is 0 Å². The monoisotopic (exact) mass is 307 g/mol. The molecule has 0 spiro atoms. The van der Waals surface area contributed by atoms with Crippen molar-refractivity contribution in [2.45, 2.75) is 17.1 Å². The molecule has 0 atom stereocenters. The smallest absolute Gasteiger partial charge is 0.194 e. The van der Waals surface area contributed by atoms with Crippen LogP contribution in [0.25, 0.3) is 10.9 Å². The molecule has 2 rings (SSSR count). The molecule has 1 aromatic heterocycles. The summed E-state index contributed by atoms with van der Waals surface area (Å²) in [7, 11) is 0. The van der Waals surface area contributed by atoms with Gasteiger partial charge in [-0.25, -0.2) is 0 Å². The molecule has 5 heteroatoms. The second-order valence-corrected chi connectivity index (χ2v) is 6.82. The number of pyridine rings is 1. The molecule has 0 amide bonds. The van der Waals surface area contributed by atoms with E-state index >= 15 is 0 Å². The summed E-state index contributed by atoms with van der Waals surface area (Å²) < 4.78 is -1.36. The topological polar surface area (TPSA) is 12.9 Å². The van der Waals surface area contributed by atoms with Crippen molar-refractivity contribution in [3.63, 3.8) is 0 Å². The number of benzene rings is 1. The molecule has 17 heavy (non-hydrogen) atoms. The number of hydrogen-bond donors (Lipinski definition) is 0. The minimum atomic E-state index is -1.36. The Morgan fingerprint density at radius 3 is 2.59 bits per heavy atom.